The monoisotopic (exact) mass is 370 g/mol. The molecule has 2 aliphatic heterocycles. The summed E-state index contributed by atoms with van der Waals surface area (Å²) in [6.45, 7) is 1.22. The van der Waals surface area contributed by atoms with Gasteiger partial charge in [-0.2, -0.15) is 0 Å². The first kappa shape index (κ1) is 12.9. The number of halogens is 1. The number of carbonyl (C=O) groups excluding carboxylic acids is 2. The molecule has 1 aromatic rings. The SMILES string of the molecule is O=C1C2CCCN2C(=O)CCN1c1cccc(I)c1. The fourth-order valence-electron chi connectivity index (χ4n) is 2.86. The van der Waals surface area contributed by atoms with Gasteiger partial charge < -0.3 is 9.80 Å². The van der Waals surface area contributed by atoms with E-state index in [2.05, 4.69) is 22.6 Å². The van der Waals surface area contributed by atoms with Gasteiger partial charge in [0.05, 0.1) is 0 Å². The Morgan fingerprint density at radius 1 is 1.21 bits per heavy atom. The lowest BCUT2D eigenvalue weighted by Gasteiger charge is -2.25. The van der Waals surface area contributed by atoms with Gasteiger partial charge in [0.15, 0.2) is 0 Å². The van der Waals surface area contributed by atoms with Gasteiger partial charge in [-0.25, -0.2) is 0 Å². The van der Waals surface area contributed by atoms with Crippen molar-refractivity contribution in [2.75, 3.05) is 18.0 Å². The van der Waals surface area contributed by atoms with E-state index in [4.69, 9.17) is 0 Å². The summed E-state index contributed by atoms with van der Waals surface area (Å²) in [7, 11) is 0. The Balaban J connectivity index is 1.94. The van der Waals surface area contributed by atoms with Gasteiger partial charge >= 0.3 is 0 Å². The van der Waals surface area contributed by atoms with Crippen LogP contribution in [-0.4, -0.2) is 35.8 Å². The van der Waals surface area contributed by atoms with Gasteiger partial charge in [-0.15, -0.1) is 0 Å². The van der Waals surface area contributed by atoms with E-state index >= 15 is 0 Å². The molecule has 0 spiro atoms. The summed E-state index contributed by atoms with van der Waals surface area (Å²) >= 11 is 2.24. The van der Waals surface area contributed by atoms with Crippen LogP contribution in [-0.2, 0) is 9.59 Å². The Hall–Kier alpha value is -1.11. The molecule has 0 aliphatic carbocycles. The lowest BCUT2D eigenvalue weighted by Crippen LogP contribution is -2.43. The molecular weight excluding hydrogens is 355 g/mol. The third-order valence-corrected chi connectivity index (χ3v) is 4.46. The van der Waals surface area contributed by atoms with E-state index in [0.29, 0.717) is 13.0 Å². The Morgan fingerprint density at radius 2 is 2.05 bits per heavy atom. The molecule has 5 heteroatoms. The number of nitrogens with zero attached hydrogens (tertiary/aromatic N) is 2. The summed E-state index contributed by atoms with van der Waals surface area (Å²) in [5.74, 6) is 0.189. The second-order valence-electron chi connectivity index (χ2n) is 4.96. The maximum atomic E-state index is 12.6. The molecule has 2 heterocycles. The average molecular weight is 370 g/mol. The minimum absolute atomic E-state index is 0.0744. The van der Waals surface area contributed by atoms with Crippen molar-refractivity contribution in [1.82, 2.24) is 4.90 Å². The topological polar surface area (TPSA) is 40.6 Å². The van der Waals surface area contributed by atoms with Gasteiger partial charge in [-0.05, 0) is 53.6 Å². The summed E-state index contributed by atoms with van der Waals surface area (Å²) in [6.07, 6.45) is 2.15. The van der Waals surface area contributed by atoms with Crippen molar-refractivity contribution in [3.8, 4) is 0 Å². The van der Waals surface area contributed by atoms with E-state index in [1.165, 1.54) is 0 Å². The quantitative estimate of drug-likeness (QED) is 0.710. The zero-order chi connectivity index (χ0) is 13.4. The van der Waals surface area contributed by atoms with E-state index in [1.54, 1.807) is 9.80 Å². The summed E-state index contributed by atoms with van der Waals surface area (Å²) in [6, 6.07) is 7.64. The molecule has 4 nitrogen and oxygen atoms in total. The number of hydrogen-bond donors (Lipinski definition) is 0. The zero-order valence-electron chi connectivity index (χ0n) is 10.5. The highest BCUT2D eigenvalue weighted by molar-refractivity contribution is 14.1. The first-order chi connectivity index (χ1) is 9.16. The average Bonchev–Trinajstić information content (AvgIpc) is 2.84. The van der Waals surface area contributed by atoms with Crippen LogP contribution in [0.25, 0.3) is 0 Å². The number of benzene rings is 1. The van der Waals surface area contributed by atoms with Crippen molar-refractivity contribution in [3.05, 3.63) is 27.8 Å². The molecular formula is C14H15IN2O2. The van der Waals surface area contributed by atoms with E-state index in [9.17, 15) is 9.59 Å². The number of hydrogen-bond acceptors (Lipinski definition) is 2. The number of amides is 2. The summed E-state index contributed by atoms with van der Waals surface area (Å²) < 4.78 is 1.10. The summed E-state index contributed by atoms with van der Waals surface area (Å²) in [4.78, 5) is 28.2. The van der Waals surface area contributed by atoms with Crippen LogP contribution in [0.15, 0.2) is 24.3 Å². The highest BCUT2D eigenvalue weighted by atomic mass is 127. The molecule has 100 valence electrons. The van der Waals surface area contributed by atoms with Crippen molar-refractivity contribution in [3.63, 3.8) is 0 Å². The van der Waals surface area contributed by atoms with Crippen LogP contribution in [0, 0.1) is 3.57 Å². The van der Waals surface area contributed by atoms with E-state index in [1.807, 2.05) is 24.3 Å². The molecule has 1 atom stereocenters. The van der Waals surface area contributed by atoms with Crippen molar-refractivity contribution in [1.29, 1.82) is 0 Å². The Bertz CT molecular complexity index is 532. The first-order valence-electron chi connectivity index (χ1n) is 6.53. The molecule has 0 saturated carbocycles. The molecule has 2 aliphatic rings. The highest BCUT2D eigenvalue weighted by Crippen LogP contribution is 2.27. The fraction of sp³-hybridized carbons (Fsp3) is 0.429. The van der Waals surface area contributed by atoms with Crippen molar-refractivity contribution in [2.45, 2.75) is 25.3 Å². The van der Waals surface area contributed by atoms with Gasteiger partial charge in [-0.1, -0.05) is 6.07 Å². The Kier molecular flexibility index (Phi) is 3.47. The molecule has 2 amide bonds. The smallest absolute Gasteiger partial charge is 0.249 e. The summed E-state index contributed by atoms with van der Waals surface area (Å²) in [5.41, 5.74) is 0.901. The number of rotatable bonds is 1. The normalized spacial score (nSPS) is 23.5. The third-order valence-electron chi connectivity index (χ3n) is 3.79. The van der Waals surface area contributed by atoms with Crippen LogP contribution in [0.1, 0.15) is 19.3 Å². The van der Waals surface area contributed by atoms with Crippen molar-refractivity contribution in [2.24, 2.45) is 0 Å². The van der Waals surface area contributed by atoms with Gasteiger partial charge in [0.25, 0.3) is 0 Å². The second-order valence-corrected chi connectivity index (χ2v) is 6.21. The van der Waals surface area contributed by atoms with Gasteiger partial charge in [0, 0.05) is 28.8 Å². The van der Waals surface area contributed by atoms with Crippen molar-refractivity contribution >= 4 is 40.1 Å². The Labute approximate surface area is 125 Å². The van der Waals surface area contributed by atoms with E-state index in [-0.39, 0.29) is 17.9 Å². The fourth-order valence-corrected chi connectivity index (χ4v) is 3.39. The minimum atomic E-state index is -0.243. The van der Waals surface area contributed by atoms with Crippen LogP contribution in [0.2, 0.25) is 0 Å². The second kappa shape index (κ2) is 5.11. The largest absolute Gasteiger partial charge is 0.331 e. The van der Waals surface area contributed by atoms with Crippen LogP contribution in [0.5, 0.6) is 0 Å². The van der Waals surface area contributed by atoms with Crippen LogP contribution in [0.4, 0.5) is 5.69 Å². The van der Waals surface area contributed by atoms with Gasteiger partial charge in [-0.3, -0.25) is 9.59 Å². The van der Waals surface area contributed by atoms with Crippen molar-refractivity contribution < 1.29 is 9.59 Å². The molecule has 0 aromatic heterocycles. The lowest BCUT2D eigenvalue weighted by atomic mass is 10.2. The molecule has 3 rings (SSSR count). The predicted octanol–water partition coefficient (Wildman–Crippen LogP) is 2.02. The molecule has 19 heavy (non-hydrogen) atoms. The number of anilines is 1. The molecule has 0 radical (unpaired) electrons. The van der Waals surface area contributed by atoms with Gasteiger partial charge in [0.2, 0.25) is 11.8 Å². The van der Waals surface area contributed by atoms with Gasteiger partial charge in [0.1, 0.15) is 6.04 Å². The minimum Gasteiger partial charge on any atom is -0.331 e. The van der Waals surface area contributed by atoms with E-state index < -0.39 is 0 Å². The molecule has 2 fully saturated rings. The molecule has 2 saturated heterocycles. The number of fused-ring (bicyclic) bond motifs is 1. The maximum absolute atomic E-state index is 12.6. The van der Waals surface area contributed by atoms with E-state index in [0.717, 1.165) is 28.6 Å². The maximum Gasteiger partial charge on any atom is 0.249 e. The summed E-state index contributed by atoms with van der Waals surface area (Å²) in [5, 5.41) is 0. The van der Waals surface area contributed by atoms with Crippen LogP contribution >= 0.6 is 22.6 Å². The predicted molar refractivity (Wildman–Crippen MR) is 80.9 cm³/mol. The molecule has 1 unspecified atom stereocenters. The lowest BCUT2D eigenvalue weighted by molar-refractivity contribution is -0.135. The van der Waals surface area contributed by atoms with Crippen LogP contribution in [0.3, 0.4) is 0 Å². The highest BCUT2D eigenvalue weighted by Gasteiger charge is 2.39. The molecule has 0 bridgehead atoms. The van der Waals surface area contributed by atoms with Crippen LogP contribution < -0.4 is 4.90 Å². The number of carbonyl (C=O) groups is 2. The Morgan fingerprint density at radius 3 is 2.84 bits per heavy atom. The zero-order valence-corrected chi connectivity index (χ0v) is 12.7. The third kappa shape index (κ3) is 2.35. The first-order valence-corrected chi connectivity index (χ1v) is 7.61. The standard InChI is InChI=1S/C14H15IN2O2/c15-10-3-1-4-11(9-10)16-8-6-13(18)17-7-2-5-12(17)14(16)19/h1,3-4,9,12H,2,5-8H2. The molecule has 1 aromatic carbocycles. The molecule has 0 N–H and O–H groups in total.